The number of hydrogen-bond acceptors (Lipinski definition) is 6. The van der Waals surface area contributed by atoms with E-state index in [0.29, 0.717) is 13.2 Å². The summed E-state index contributed by atoms with van der Waals surface area (Å²) in [7, 11) is 1.34. The van der Waals surface area contributed by atoms with Crippen molar-refractivity contribution in [2.45, 2.75) is 31.6 Å². The first-order chi connectivity index (χ1) is 10.1. The summed E-state index contributed by atoms with van der Waals surface area (Å²) in [6.07, 6.45) is 1.96. The van der Waals surface area contributed by atoms with E-state index < -0.39 is 11.8 Å². The average Bonchev–Trinajstić information content (AvgIpc) is 3.16. The van der Waals surface area contributed by atoms with E-state index in [1.165, 1.54) is 7.11 Å². The van der Waals surface area contributed by atoms with E-state index in [1.807, 2.05) is 6.07 Å². The number of esters is 1. The SMILES string of the molecule is COC(=O)c1ccc(C(C)N2CCCC3(C2)OCCO3)o1. The Morgan fingerprint density at radius 2 is 2.14 bits per heavy atom. The zero-order chi connectivity index (χ0) is 14.9. The third kappa shape index (κ3) is 2.84. The van der Waals surface area contributed by atoms with Crippen molar-refractivity contribution >= 4 is 5.97 Å². The van der Waals surface area contributed by atoms with Crippen LogP contribution in [0.1, 0.15) is 42.1 Å². The van der Waals surface area contributed by atoms with Crippen LogP contribution < -0.4 is 0 Å². The molecule has 1 unspecified atom stereocenters. The zero-order valence-corrected chi connectivity index (χ0v) is 12.5. The Labute approximate surface area is 123 Å². The fourth-order valence-electron chi connectivity index (χ4n) is 3.05. The topological polar surface area (TPSA) is 61.1 Å². The van der Waals surface area contributed by atoms with Crippen LogP contribution in [-0.2, 0) is 14.2 Å². The number of ether oxygens (including phenoxy) is 3. The number of piperidine rings is 1. The van der Waals surface area contributed by atoms with Gasteiger partial charge in [0.25, 0.3) is 0 Å². The molecule has 6 nitrogen and oxygen atoms in total. The maximum atomic E-state index is 11.5. The minimum Gasteiger partial charge on any atom is -0.463 e. The van der Waals surface area contributed by atoms with Crippen LogP contribution in [0.2, 0.25) is 0 Å². The second-order valence-electron chi connectivity index (χ2n) is 5.55. The van der Waals surface area contributed by atoms with Gasteiger partial charge in [-0.1, -0.05) is 0 Å². The van der Waals surface area contributed by atoms with Gasteiger partial charge < -0.3 is 18.6 Å². The number of carbonyl (C=O) groups excluding carboxylic acids is 1. The van der Waals surface area contributed by atoms with Gasteiger partial charge in [0.15, 0.2) is 5.79 Å². The fourth-order valence-corrected chi connectivity index (χ4v) is 3.05. The molecular weight excluding hydrogens is 274 g/mol. The molecule has 2 fully saturated rings. The van der Waals surface area contributed by atoms with Gasteiger partial charge in [-0.15, -0.1) is 0 Å². The molecule has 3 rings (SSSR count). The quantitative estimate of drug-likeness (QED) is 0.795. The number of carbonyl (C=O) groups is 1. The van der Waals surface area contributed by atoms with Gasteiger partial charge in [-0.25, -0.2) is 4.79 Å². The van der Waals surface area contributed by atoms with Crippen LogP contribution in [0.4, 0.5) is 0 Å². The van der Waals surface area contributed by atoms with Gasteiger partial charge >= 0.3 is 5.97 Å². The lowest BCUT2D eigenvalue weighted by Gasteiger charge is -2.40. The van der Waals surface area contributed by atoms with E-state index in [4.69, 9.17) is 13.9 Å². The summed E-state index contributed by atoms with van der Waals surface area (Å²) in [5, 5.41) is 0. The molecule has 1 atom stereocenters. The maximum absolute atomic E-state index is 11.5. The zero-order valence-electron chi connectivity index (χ0n) is 12.5. The molecule has 0 saturated carbocycles. The second-order valence-corrected chi connectivity index (χ2v) is 5.55. The van der Waals surface area contributed by atoms with E-state index in [0.717, 1.165) is 31.7 Å². The summed E-state index contributed by atoms with van der Waals surface area (Å²) in [5.74, 6) is 0.0838. The lowest BCUT2D eigenvalue weighted by molar-refractivity contribution is -0.194. The molecule has 0 N–H and O–H groups in total. The van der Waals surface area contributed by atoms with E-state index >= 15 is 0 Å². The molecule has 0 bridgehead atoms. The highest BCUT2D eigenvalue weighted by atomic mass is 16.7. The van der Waals surface area contributed by atoms with Crippen molar-refractivity contribution in [2.24, 2.45) is 0 Å². The Bertz CT molecular complexity index is 506. The molecule has 0 radical (unpaired) electrons. The summed E-state index contributed by atoms with van der Waals surface area (Å²) in [5.41, 5.74) is 0. The normalized spacial score (nSPS) is 23.3. The standard InChI is InChI=1S/C15H21NO5/c1-11(12-4-5-13(21-12)14(17)18-2)16-7-3-6-15(10-16)19-8-9-20-15/h4-5,11H,3,6-10H2,1-2H3. The van der Waals surface area contributed by atoms with Crippen LogP contribution >= 0.6 is 0 Å². The van der Waals surface area contributed by atoms with Crippen LogP contribution in [0.3, 0.4) is 0 Å². The predicted octanol–water partition coefficient (Wildman–Crippen LogP) is 1.97. The molecule has 1 aromatic rings. The summed E-state index contributed by atoms with van der Waals surface area (Å²) >= 11 is 0. The van der Waals surface area contributed by atoms with Crippen LogP contribution in [-0.4, -0.2) is 50.1 Å². The highest BCUT2D eigenvalue weighted by Gasteiger charge is 2.42. The van der Waals surface area contributed by atoms with Crippen molar-refractivity contribution in [1.29, 1.82) is 0 Å². The van der Waals surface area contributed by atoms with Crippen molar-refractivity contribution in [3.63, 3.8) is 0 Å². The van der Waals surface area contributed by atoms with Gasteiger partial charge in [-0.2, -0.15) is 0 Å². The molecule has 2 aliphatic heterocycles. The third-order valence-electron chi connectivity index (χ3n) is 4.23. The Morgan fingerprint density at radius 3 is 2.86 bits per heavy atom. The highest BCUT2D eigenvalue weighted by Crippen LogP contribution is 2.34. The Morgan fingerprint density at radius 1 is 1.38 bits per heavy atom. The Balaban J connectivity index is 1.70. The minimum absolute atomic E-state index is 0.0633. The Hall–Kier alpha value is -1.37. The van der Waals surface area contributed by atoms with Gasteiger partial charge in [0, 0.05) is 6.42 Å². The molecular formula is C15H21NO5. The molecule has 0 amide bonds. The minimum atomic E-state index is -0.454. The number of furan rings is 1. The molecule has 2 aliphatic rings. The summed E-state index contributed by atoms with van der Waals surface area (Å²) in [6.45, 7) is 5.07. The van der Waals surface area contributed by atoms with Crippen LogP contribution in [0.25, 0.3) is 0 Å². The number of hydrogen-bond donors (Lipinski definition) is 0. The smallest absolute Gasteiger partial charge is 0.373 e. The van der Waals surface area contributed by atoms with E-state index in [-0.39, 0.29) is 11.8 Å². The molecule has 0 aliphatic carbocycles. The number of rotatable bonds is 3. The monoisotopic (exact) mass is 295 g/mol. The molecule has 0 aromatic carbocycles. The Kier molecular flexibility index (Phi) is 4.01. The fraction of sp³-hybridized carbons (Fsp3) is 0.667. The van der Waals surface area contributed by atoms with Crippen LogP contribution in [0.15, 0.2) is 16.5 Å². The van der Waals surface area contributed by atoms with Gasteiger partial charge in [0.2, 0.25) is 5.76 Å². The number of nitrogens with zero attached hydrogens (tertiary/aromatic N) is 1. The van der Waals surface area contributed by atoms with Gasteiger partial charge in [-0.3, -0.25) is 4.90 Å². The first kappa shape index (κ1) is 14.6. The van der Waals surface area contributed by atoms with E-state index in [9.17, 15) is 4.79 Å². The van der Waals surface area contributed by atoms with E-state index in [2.05, 4.69) is 16.6 Å². The molecule has 6 heteroatoms. The number of likely N-dealkylation sites (tertiary alicyclic amines) is 1. The van der Waals surface area contributed by atoms with Crippen LogP contribution in [0.5, 0.6) is 0 Å². The lowest BCUT2D eigenvalue weighted by atomic mass is 10.0. The van der Waals surface area contributed by atoms with Crippen LogP contribution in [0, 0.1) is 0 Å². The lowest BCUT2D eigenvalue weighted by Crippen LogP contribution is -2.49. The molecule has 116 valence electrons. The molecule has 2 saturated heterocycles. The van der Waals surface area contributed by atoms with Gasteiger partial charge in [-0.05, 0) is 32.0 Å². The van der Waals surface area contributed by atoms with Crippen molar-refractivity contribution in [3.05, 3.63) is 23.7 Å². The largest absolute Gasteiger partial charge is 0.463 e. The first-order valence-corrected chi connectivity index (χ1v) is 7.33. The second kappa shape index (κ2) is 5.79. The summed E-state index contributed by atoms with van der Waals surface area (Å²) in [6, 6.07) is 3.54. The summed E-state index contributed by atoms with van der Waals surface area (Å²) < 4.78 is 21.8. The average molecular weight is 295 g/mol. The van der Waals surface area contributed by atoms with Crippen molar-refractivity contribution in [1.82, 2.24) is 4.90 Å². The van der Waals surface area contributed by atoms with E-state index in [1.54, 1.807) is 6.07 Å². The third-order valence-corrected chi connectivity index (χ3v) is 4.23. The van der Waals surface area contributed by atoms with Crippen molar-refractivity contribution in [3.8, 4) is 0 Å². The van der Waals surface area contributed by atoms with Gasteiger partial charge in [0.05, 0.1) is 32.9 Å². The predicted molar refractivity (Wildman–Crippen MR) is 73.9 cm³/mol. The molecule has 3 heterocycles. The highest BCUT2D eigenvalue weighted by molar-refractivity contribution is 5.86. The van der Waals surface area contributed by atoms with Gasteiger partial charge in [0.1, 0.15) is 5.76 Å². The number of methoxy groups -OCH3 is 1. The van der Waals surface area contributed by atoms with Crippen molar-refractivity contribution < 1.29 is 23.4 Å². The van der Waals surface area contributed by atoms with Crippen molar-refractivity contribution in [2.75, 3.05) is 33.4 Å². The first-order valence-electron chi connectivity index (χ1n) is 7.33. The maximum Gasteiger partial charge on any atom is 0.373 e. The summed E-state index contributed by atoms with van der Waals surface area (Å²) in [4.78, 5) is 13.7. The molecule has 21 heavy (non-hydrogen) atoms. The molecule has 1 spiro atoms. The molecule has 1 aromatic heterocycles.